The molecule has 29 heavy (non-hydrogen) atoms. The highest BCUT2D eigenvalue weighted by Crippen LogP contribution is 2.31. The van der Waals surface area contributed by atoms with E-state index < -0.39 is 17.6 Å². The third-order valence-electron chi connectivity index (χ3n) is 4.48. The summed E-state index contributed by atoms with van der Waals surface area (Å²) in [6, 6.07) is 7.99. The van der Waals surface area contributed by atoms with Crippen molar-refractivity contribution in [2.45, 2.75) is 33.0 Å². The van der Waals surface area contributed by atoms with Gasteiger partial charge in [-0.05, 0) is 56.7 Å². The summed E-state index contributed by atoms with van der Waals surface area (Å²) in [5.41, 5.74) is 1.35. The van der Waals surface area contributed by atoms with Gasteiger partial charge in [-0.15, -0.1) is 0 Å². The molecule has 1 heterocycles. The Kier molecular flexibility index (Phi) is 6.88. The molecule has 1 N–H and O–H groups in total. The standard InChI is InChI=1S/C21H22F3N3O2/c1-13-8-16(15(3)27(13)14(2)12-29-4)9-17(11-25)20(28)26-19-7-5-6-18(10-19)21(22,23)24/h5-10,14H,12H2,1-4H3,(H,26,28)/b17-9-. The fraction of sp³-hybridized carbons (Fsp3) is 0.333. The van der Waals surface area contributed by atoms with Gasteiger partial charge in [0.05, 0.1) is 18.2 Å². The Bertz CT molecular complexity index is 969. The molecule has 0 aliphatic rings. The van der Waals surface area contributed by atoms with E-state index in [0.29, 0.717) is 12.2 Å². The lowest BCUT2D eigenvalue weighted by Gasteiger charge is -2.17. The maximum absolute atomic E-state index is 12.8. The number of alkyl halides is 3. The summed E-state index contributed by atoms with van der Waals surface area (Å²) in [7, 11) is 1.61. The summed E-state index contributed by atoms with van der Waals surface area (Å²) < 4.78 is 45.7. The normalized spacial score (nSPS) is 13.1. The SMILES string of the molecule is COCC(C)n1c(C)cc(/C=C(/C#N)C(=O)Nc2cccc(C(F)(F)F)c2)c1C. The number of aromatic nitrogens is 1. The number of benzene rings is 1. The smallest absolute Gasteiger partial charge is 0.383 e. The van der Waals surface area contributed by atoms with Gasteiger partial charge in [-0.1, -0.05) is 6.07 Å². The Morgan fingerprint density at radius 1 is 1.34 bits per heavy atom. The van der Waals surface area contributed by atoms with Crippen LogP contribution < -0.4 is 5.32 Å². The van der Waals surface area contributed by atoms with E-state index in [-0.39, 0.29) is 17.3 Å². The van der Waals surface area contributed by atoms with Crippen molar-refractivity contribution in [1.29, 1.82) is 5.26 Å². The average molecular weight is 405 g/mol. The van der Waals surface area contributed by atoms with E-state index in [1.807, 2.05) is 37.5 Å². The van der Waals surface area contributed by atoms with Gasteiger partial charge >= 0.3 is 6.18 Å². The van der Waals surface area contributed by atoms with Crippen LogP contribution in [0.4, 0.5) is 18.9 Å². The van der Waals surface area contributed by atoms with Gasteiger partial charge in [0.1, 0.15) is 11.6 Å². The third-order valence-corrected chi connectivity index (χ3v) is 4.48. The van der Waals surface area contributed by atoms with E-state index in [1.54, 1.807) is 7.11 Å². The maximum atomic E-state index is 12.8. The minimum atomic E-state index is -4.52. The Balaban J connectivity index is 2.30. The molecular weight excluding hydrogens is 383 g/mol. The quantitative estimate of drug-likeness (QED) is 0.550. The van der Waals surface area contributed by atoms with Crippen LogP contribution in [-0.4, -0.2) is 24.2 Å². The van der Waals surface area contributed by atoms with Crippen LogP contribution in [0, 0.1) is 25.2 Å². The molecule has 1 amide bonds. The molecule has 0 fully saturated rings. The first-order chi connectivity index (χ1) is 13.6. The van der Waals surface area contributed by atoms with Crippen LogP contribution >= 0.6 is 0 Å². The van der Waals surface area contributed by atoms with E-state index in [2.05, 4.69) is 5.32 Å². The summed E-state index contributed by atoms with van der Waals surface area (Å²) in [6.07, 6.45) is -3.09. The number of amides is 1. The molecule has 0 aliphatic carbocycles. The molecule has 2 aromatic rings. The van der Waals surface area contributed by atoms with Crippen molar-refractivity contribution < 1.29 is 22.7 Å². The molecular formula is C21H22F3N3O2. The van der Waals surface area contributed by atoms with E-state index >= 15 is 0 Å². The molecule has 1 aromatic carbocycles. The van der Waals surface area contributed by atoms with Crippen LogP contribution in [0.2, 0.25) is 0 Å². The minimum absolute atomic E-state index is 0.0369. The molecule has 0 radical (unpaired) electrons. The molecule has 1 atom stereocenters. The fourth-order valence-electron chi connectivity index (χ4n) is 3.22. The van der Waals surface area contributed by atoms with Crippen molar-refractivity contribution >= 4 is 17.7 Å². The van der Waals surface area contributed by atoms with Crippen molar-refractivity contribution in [1.82, 2.24) is 4.57 Å². The predicted octanol–water partition coefficient (Wildman–Crippen LogP) is 4.88. The van der Waals surface area contributed by atoms with Crippen LogP contribution in [-0.2, 0) is 15.7 Å². The Morgan fingerprint density at radius 3 is 2.62 bits per heavy atom. The van der Waals surface area contributed by atoms with Gasteiger partial charge in [0.25, 0.3) is 5.91 Å². The van der Waals surface area contributed by atoms with Crippen molar-refractivity contribution in [3.63, 3.8) is 0 Å². The molecule has 2 rings (SSSR count). The lowest BCUT2D eigenvalue weighted by Crippen LogP contribution is -2.15. The number of methoxy groups -OCH3 is 1. The minimum Gasteiger partial charge on any atom is -0.383 e. The zero-order chi connectivity index (χ0) is 21.8. The molecule has 0 saturated heterocycles. The molecule has 5 nitrogen and oxygen atoms in total. The molecule has 1 unspecified atom stereocenters. The first-order valence-corrected chi connectivity index (χ1v) is 8.86. The van der Waals surface area contributed by atoms with E-state index in [9.17, 15) is 23.2 Å². The number of nitriles is 1. The number of nitrogens with zero attached hydrogens (tertiary/aromatic N) is 2. The Labute approximate surface area is 167 Å². The molecule has 154 valence electrons. The molecule has 0 saturated carbocycles. The van der Waals surface area contributed by atoms with Crippen molar-refractivity contribution in [3.8, 4) is 6.07 Å². The molecule has 0 spiro atoms. The first kappa shape index (κ1) is 22.2. The molecule has 1 aromatic heterocycles. The van der Waals surface area contributed by atoms with Gasteiger partial charge < -0.3 is 14.6 Å². The second-order valence-electron chi connectivity index (χ2n) is 6.70. The topological polar surface area (TPSA) is 67.0 Å². The number of hydrogen-bond donors (Lipinski definition) is 1. The van der Waals surface area contributed by atoms with Crippen LogP contribution in [0.25, 0.3) is 6.08 Å². The highest BCUT2D eigenvalue weighted by Gasteiger charge is 2.30. The lowest BCUT2D eigenvalue weighted by molar-refractivity contribution is -0.137. The molecule has 8 heteroatoms. The largest absolute Gasteiger partial charge is 0.416 e. The van der Waals surface area contributed by atoms with Gasteiger partial charge in [-0.3, -0.25) is 4.79 Å². The molecule has 0 bridgehead atoms. The first-order valence-electron chi connectivity index (χ1n) is 8.86. The van der Waals surface area contributed by atoms with Gasteiger partial charge in [0, 0.05) is 24.2 Å². The summed E-state index contributed by atoms with van der Waals surface area (Å²) in [5.74, 6) is -0.776. The van der Waals surface area contributed by atoms with Gasteiger partial charge in [0.15, 0.2) is 0 Å². The number of carbonyl (C=O) groups excluding carboxylic acids is 1. The van der Waals surface area contributed by atoms with E-state index in [1.165, 1.54) is 18.2 Å². The van der Waals surface area contributed by atoms with Crippen LogP contribution in [0.1, 0.15) is 35.5 Å². The average Bonchev–Trinajstić information content (AvgIpc) is 2.92. The highest BCUT2D eigenvalue weighted by molar-refractivity contribution is 6.09. The predicted molar refractivity (Wildman–Crippen MR) is 104 cm³/mol. The number of hydrogen-bond acceptors (Lipinski definition) is 3. The van der Waals surface area contributed by atoms with Crippen LogP contribution in [0.5, 0.6) is 0 Å². The second-order valence-corrected chi connectivity index (χ2v) is 6.70. The van der Waals surface area contributed by atoms with Gasteiger partial charge in [-0.25, -0.2) is 0 Å². The Hall–Kier alpha value is -3.05. The second kappa shape index (κ2) is 8.97. The fourth-order valence-corrected chi connectivity index (χ4v) is 3.22. The number of rotatable bonds is 6. The number of carbonyl (C=O) groups is 1. The summed E-state index contributed by atoms with van der Waals surface area (Å²) in [4.78, 5) is 12.4. The number of aryl methyl sites for hydroxylation is 1. The van der Waals surface area contributed by atoms with Crippen molar-refractivity contribution in [2.75, 3.05) is 19.0 Å². The zero-order valence-corrected chi connectivity index (χ0v) is 16.6. The number of ether oxygens (including phenoxy) is 1. The van der Waals surface area contributed by atoms with Crippen LogP contribution in [0.15, 0.2) is 35.9 Å². The van der Waals surface area contributed by atoms with Gasteiger partial charge in [0.2, 0.25) is 0 Å². The third kappa shape index (κ3) is 5.27. The zero-order valence-electron chi connectivity index (χ0n) is 16.6. The maximum Gasteiger partial charge on any atom is 0.416 e. The summed E-state index contributed by atoms with van der Waals surface area (Å²) in [6.45, 7) is 6.26. The van der Waals surface area contributed by atoms with Crippen molar-refractivity contribution in [3.05, 3.63) is 58.4 Å². The van der Waals surface area contributed by atoms with Crippen LogP contribution in [0.3, 0.4) is 0 Å². The number of nitrogens with one attached hydrogen (secondary N) is 1. The van der Waals surface area contributed by atoms with Gasteiger partial charge in [-0.2, -0.15) is 18.4 Å². The van der Waals surface area contributed by atoms with E-state index in [0.717, 1.165) is 23.5 Å². The summed E-state index contributed by atoms with van der Waals surface area (Å²) in [5, 5.41) is 11.7. The summed E-state index contributed by atoms with van der Waals surface area (Å²) >= 11 is 0. The number of halogens is 3. The monoisotopic (exact) mass is 405 g/mol. The lowest BCUT2D eigenvalue weighted by atomic mass is 10.1. The number of anilines is 1. The Morgan fingerprint density at radius 2 is 2.03 bits per heavy atom. The van der Waals surface area contributed by atoms with Crippen molar-refractivity contribution in [2.24, 2.45) is 0 Å². The highest BCUT2D eigenvalue weighted by atomic mass is 19.4. The van der Waals surface area contributed by atoms with E-state index in [4.69, 9.17) is 4.74 Å². The molecule has 0 aliphatic heterocycles.